The topological polar surface area (TPSA) is 20.3 Å². The van der Waals surface area contributed by atoms with Crippen molar-refractivity contribution in [2.45, 2.75) is 38.6 Å². The van der Waals surface area contributed by atoms with E-state index < -0.39 is 0 Å². The Morgan fingerprint density at radius 3 is 2.48 bits per heavy atom. The Kier molecular flexibility index (Phi) is 4.55. The third-order valence-corrected chi connectivity index (χ3v) is 6.22. The van der Waals surface area contributed by atoms with Gasteiger partial charge in [0.1, 0.15) is 0 Å². The third kappa shape index (κ3) is 3.29. The fourth-order valence-corrected chi connectivity index (χ4v) is 4.76. The molecule has 2 nitrogen and oxygen atoms in total. The second-order valence-electron chi connectivity index (χ2n) is 8.10. The standard InChI is InChI=1S/C27H25NO/c1-19-16-24(23-15-14-21-10-5-6-11-22(21)17-23)27-25(12-7-13-26(27)29)28(19)18-20-8-3-2-4-9-20/h2-6,8-11,14-17,24H,7,12-13,18H2,1H3. The van der Waals surface area contributed by atoms with Crippen LogP contribution in [0, 0.1) is 0 Å². The van der Waals surface area contributed by atoms with Crippen LogP contribution in [0.4, 0.5) is 0 Å². The van der Waals surface area contributed by atoms with E-state index in [2.05, 4.69) is 84.6 Å². The molecular formula is C27H25NO. The van der Waals surface area contributed by atoms with Crippen LogP contribution in [0.15, 0.2) is 95.8 Å². The molecule has 2 heteroatoms. The zero-order valence-corrected chi connectivity index (χ0v) is 16.8. The molecule has 144 valence electrons. The molecule has 0 saturated heterocycles. The number of benzene rings is 3. The SMILES string of the molecule is CC1=CC(c2ccc3ccccc3c2)C2=C(CCCC2=O)N1Cc1ccccc1. The molecule has 2 aliphatic rings. The van der Waals surface area contributed by atoms with Gasteiger partial charge >= 0.3 is 0 Å². The molecule has 0 N–H and O–H groups in total. The smallest absolute Gasteiger partial charge is 0.161 e. The molecule has 3 aromatic carbocycles. The highest BCUT2D eigenvalue weighted by atomic mass is 16.1. The summed E-state index contributed by atoms with van der Waals surface area (Å²) in [4.78, 5) is 15.4. The lowest BCUT2D eigenvalue weighted by Gasteiger charge is -2.39. The number of hydrogen-bond donors (Lipinski definition) is 0. The van der Waals surface area contributed by atoms with Crippen LogP contribution in [0.25, 0.3) is 10.8 Å². The predicted octanol–water partition coefficient (Wildman–Crippen LogP) is 6.35. The number of Topliss-reactive ketones (excluding diaryl/α,β-unsaturated/α-hetero) is 1. The summed E-state index contributed by atoms with van der Waals surface area (Å²) in [6.45, 7) is 3.00. The molecule has 0 aromatic heterocycles. The van der Waals surface area contributed by atoms with Crippen LogP contribution in [0.3, 0.4) is 0 Å². The summed E-state index contributed by atoms with van der Waals surface area (Å²) in [6, 6.07) is 25.6. The minimum atomic E-state index is 0.0504. The molecule has 0 amide bonds. The number of carbonyl (C=O) groups is 1. The van der Waals surface area contributed by atoms with Crippen LogP contribution in [-0.2, 0) is 11.3 Å². The number of hydrogen-bond acceptors (Lipinski definition) is 2. The van der Waals surface area contributed by atoms with Gasteiger partial charge in [0.05, 0.1) is 0 Å². The molecule has 0 bridgehead atoms. The van der Waals surface area contributed by atoms with E-state index in [9.17, 15) is 4.79 Å². The molecule has 29 heavy (non-hydrogen) atoms. The lowest BCUT2D eigenvalue weighted by atomic mass is 9.78. The summed E-state index contributed by atoms with van der Waals surface area (Å²) in [7, 11) is 0. The Hall–Kier alpha value is -3.13. The highest BCUT2D eigenvalue weighted by Crippen LogP contribution is 2.42. The van der Waals surface area contributed by atoms with Crippen LogP contribution in [0.2, 0.25) is 0 Å². The maximum atomic E-state index is 13.1. The highest BCUT2D eigenvalue weighted by Gasteiger charge is 2.34. The van der Waals surface area contributed by atoms with Gasteiger partial charge in [0, 0.05) is 35.9 Å². The van der Waals surface area contributed by atoms with Gasteiger partial charge in [-0.2, -0.15) is 0 Å². The van der Waals surface area contributed by atoms with Crippen molar-refractivity contribution in [2.24, 2.45) is 0 Å². The molecule has 1 aliphatic heterocycles. The summed E-state index contributed by atoms with van der Waals surface area (Å²) in [5.41, 5.74) is 5.95. The first-order chi connectivity index (χ1) is 14.2. The largest absolute Gasteiger partial charge is 0.344 e. The number of rotatable bonds is 3. The van der Waals surface area contributed by atoms with E-state index in [1.165, 1.54) is 33.3 Å². The molecule has 1 unspecified atom stereocenters. The fourth-order valence-electron chi connectivity index (χ4n) is 4.76. The molecule has 3 aromatic rings. The third-order valence-electron chi connectivity index (χ3n) is 6.22. The van der Waals surface area contributed by atoms with Crippen molar-refractivity contribution in [1.82, 2.24) is 4.90 Å². The minimum absolute atomic E-state index is 0.0504. The molecule has 1 atom stereocenters. The Bertz CT molecular complexity index is 1140. The Morgan fingerprint density at radius 2 is 1.66 bits per heavy atom. The number of fused-ring (bicyclic) bond motifs is 1. The van der Waals surface area contributed by atoms with Crippen LogP contribution in [-0.4, -0.2) is 10.7 Å². The first kappa shape index (κ1) is 17.9. The van der Waals surface area contributed by atoms with E-state index in [1.807, 2.05) is 6.07 Å². The van der Waals surface area contributed by atoms with E-state index in [-0.39, 0.29) is 5.92 Å². The summed E-state index contributed by atoms with van der Waals surface area (Å²) >= 11 is 0. The monoisotopic (exact) mass is 379 g/mol. The Balaban J connectivity index is 1.59. The van der Waals surface area contributed by atoms with E-state index in [1.54, 1.807) is 0 Å². The number of allylic oxidation sites excluding steroid dienone is 4. The van der Waals surface area contributed by atoms with Gasteiger partial charge in [0.2, 0.25) is 0 Å². The van der Waals surface area contributed by atoms with Crippen LogP contribution >= 0.6 is 0 Å². The van der Waals surface area contributed by atoms with Gasteiger partial charge in [0.15, 0.2) is 5.78 Å². The molecule has 1 aliphatic carbocycles. The lowest BCUT2D eigenvalue weighted by molar-refractivity contribution is -0.116. The van der Waals surface area contributed by atoms with E-state index in [4.69, 9.17) is 0 Å². The van der Waals surface area contributed by atoms with Crippen LogP contribution in [0.5, 0.6) is 0 Å². The minimum Gasteiger partial charge on any atom is -0.344 e. The van der Waals surface area contributed by atoms with Crippen molar-refractivity contribution in [3.05, 3.63) is 107 Å². The van der Waals surface area contributed by atoms with Crippen molar-refractivity contribution in [2.75, 3.05) is 0 Å². The van der Waals surface area contributed by atoms with Gasteiger partial charge in [-0.15, -0.1) is 0 Å². The Labute approximate surface area is 172 Å². The average molecular weight is 380 g/mol. The molecule has 0 fully saturated rings. The maximum absolute atomic E-state index is 13.1. The van der Waals surface area contributed by atoms with Gasteiger partial charge < -0.3 is 4.90 Å². The second-order valence-corrected chi connectivity index (χ2v) is 8.10. The molecule has 0 spiro atoms. The summed E-state index contributed by atoms with van der Waals surface area (Å²) in [5, 5.41) is 2.47. The van der Waals surface area contributed by atoms with Gasteiger partial charge in [-0.3, -0.25) is 4.79 Å². The number of nitrogens with zero attached hydrogens (tertiary/aromatic N) is 1. The number of carbonyl (C=O) groups excluding carboxylic acids is 1. The molecule has 0 saturated carbocycles. The van der Waals surface area contributed by atoms with Crippen molar-refractivity contribution in [1.29, 1.82) is 0 Å². The fraction of sp³-hybridized carbons (Fsp3) is 0.222. The van der Waals surface area contributed by atoms with Crippen molar-refractivity contribution < 1.29 is 4.79 Å². The maximum Gasteiger partial charge on any atom is 0.161 e. The van der Waals surface area contributed by atoms with E-state index in [0.717, 1.165) is 25.0 Å². The van der Waals surface area contributed by atoms with Gasteiger partial charge in [0.25, 0.3) is 0 Å². The Morgan fingerprint density at radius 1 is 0.897 bits per heavy atom. The quantitative estimate of drug-likeness (QED) is 0.528. The lowest BCUT2D eigenvalue weighted by Crippen LogP contribution is -2.32. The van der Waals surface area contributed by atoms with Crippen molar-refractivity contribution in [3.8, 4) is 0 Å². The average Bonchev–Trinajstić information content (AvgIpc) is 2.76. The summed E-state index contributed by atoms with van der Waals surface area (Å²) < 4.78 is 0. The van der Waals surface area contributed by atoms with Gasteiger partial charge in [-0.05, 0) is 41.7 Å². The predicted molar refractivity (Wildman–Crippen MR) is 118 cm³/mol. The second kappa shape index (κ2) is 7.36. The zero-order chi connectivity index (χ0) is 19.8. The summed E-state index contributed by atoms with van der Waals surface area (Å²) in [6.07, 6.45) is 4.87. The van der Waals surface area contributed by atoms with Crippen molar-refractivity contribution in [3.63, 3.8) is 0 Å². The molecular weight excluding hydrogens is 354 g/mol. The van der Waals surface area contributed by atoms with E-state index in [0.29, 0.717) is 12.2 Å². The van der Waals surface area contributed by atoms with Crippen LogP contribution in [0.1, 0.15) is 43.2 Å². The van der Waals surface area contributed by atoms with Crippen LogP contribution < -0.4 is 0 Å². The van der Waals surface area contributed by atoms with Crippen molar-refractivity contribution >= 4 is 16.6 Å². The summed E-state index contributed by atoms with van der Waals surface area (Å²) in [5.74, 6) is 0.362. The first-order valence-electron chi connectivity index (χ1n) is 10.5. The molecule has 0 radical (unpaired) electrons. The van der Waals surface area contributed by atoms with Gasteiger partial charge in [-0.25, -0.2) is 0 Å². The van der Waals surface area contributed by atoms with E-state index >= 15 is 0 Å². The highest BCUT2D eigenvalue weighted by molar-refractivity contribution is 5.99. The molecule has 5 rings (SSSR count). The van der Waals surface area contributed by atoms with Gasteiger partial charge in [-0.1, -0.05) is 78.9 Å². The zero-order valence-electron chi connectivity index (χ0n) is 16.8. The molecule has 1 heterocycles. The normalized spacial score (nSPS) is 19.3. The number of ketones is 1. The first-order valence-corrected chi connectivity index (χ1v) is 10.5.